The summed E-state index contributed by atoms with van der Waals surface area (Å²) in [5, 5.41) is 6.94. The minimum atomic E-state index is 0.0184. The van der Waals surface area contributed by atoms with E-state index in [0.717, 1.165) is 18.4 Å². The predicted molar refractivity (Wildman–Crippen MR) is 87.5 cm³/mol. The molecule has 0 saturated carbocycles. The van der Waals surface area contributed by atoms with E-state index in [1.165, 1.54) is 0 Å². The van der Waals surface area contributed by atoms with Crippen LogP contribution in [-0.2, 0) is 11.2 Å². The second-order valence-corrected chi connectivity index (χ2v) is 6.19. The highest BCUT2D eigenvalue weighted by Crippen LogP contribution is 2.14. The zero-order chi connectivity index (χ0) is 16.7. The normalized spacial score (nSPS) is 12.3. The molecule has 0 spiro atoms. The molecule has 6 heteroatoms. The maximum atomic E-state index is 11.9. The molecular weight excluding hydrogens is 292 g/mol. The van der Waals surface area contributed by atoms with Crippen LogP contribution in [0.5, 0.6) is 0 Å². The third kappa shape index (κ3) is 5.81. The second kappa shape index (κ2) is 8.41. The number of aryl methyl sites for hydroxylation is 1. The number of pyridine rings is 1. The van der Waals surface area contributed by atoms with Crippen molar-refractivity contribution in [3.63, 3.8) is 0 Å². The van der Waals surface area contributed by atoms with Gasteiger partial charge in [0.25, 0.3) is 0 Å². The van der Waals surface area contributed by atoms with Gasteiger partial charge < -0.3 is 9.84 Å². The molecule has 23 heavy (non-hydrogen) atoms. The molecule has 6 nitrogen and oxygen atoms in total. The molecule has 0 bridgehead atoms. The van der Waals surface area contributed by atoms with Gasteiger partial charge in [-0.2, -0.15) is 4.98 Å². The van der Waals surface area contributed by atoms with Gasteiger partial charge in [0, 0.05) is 36.8 Å². The zero-order valence-electron chi connectivity index (χ0n) is 14.0. The highest BCUT2D eigenvalue weighted by atomic mass is 16.5. The Bertz CT molecular complexity index is 610. The number of rotatable bonds is 8. The molecular formula is C17H24N4O2. The van der Waals surface area contributed by atoms with Gasteiger partial charge in [-0.3, -0.25) is 9.78 Å². The first kappa shape index (κ1) is 17.1. The van der Waals surface area contributed by atoms with Gasteiger partial charge in [0.2, 0.25) is 17.6 Å². The van der Waals surface area contributed by atoms with Crippen LogP contribution in [0.15, 0.2) is 29.0 Å². The lowest BCUT2D eigenvalue weighted by Crippen LogP contribution is -2.32. The summed E-state index contributed by atoms with van der Waals surface area (Å²) in [7, 11) is 0. The van der Waals surface area contributed by atoms with E-state index >= 15 is 0 Å². The summed E-state index contributed by atoms with van der Waals surface area (Å²) in [5.41, 5.74) is 0.849. The average molecular weight is 316 g/mol. The first-order valence-corrected chi connectivity index (χ1v) is 8.07. The second-order valence-electron chi connectivity index (χ2n) is 6.19. The van der Waals surface area contributed by atoms with E-state index in [-0.39, 0.29) is 11.9 Å². The van der Waals surface area contributed by atoms with Crippen molar-refractivity contribution >= 4 is 5.91 Å². The first-order valence-electron chi connectivity index (χ1n) is 8.07. The fourth-order valence-electron chi connectivity index (χ4n) is 2.20. The van der Waals surface area contributed by atoms with Crippen LogP contribution in [0.4, 0.5) is 0 Å². The lowest BCUT2D eigenvalue weighted by Gasteiger charge is -2.14. The van der Waals surface area contributed by atoms with Crippen molar-refractivity contribution in [3.05, 3.63) is 30.4 Å². The van der Waals surface area contributed by atoms with Crippen molar-refractivity contribution in [2.24, 2.45) is 5.92 Å². The Morgan fingerprint density at radius 1 is 1.22 bits per heavy atom. The summed E-state index contributed by atoms with van der Waals surface area (Å²) in [6.45, 7) is 6.41. The fourth-order valence-corrected chi connectivity index (χ4v) is 2.20. The molecule has 124 valence electrons. The van der Waals surface area contributed by atoms with Gasteiger partial charge in [0.1, 0.15) is 0 Å². The van der Waals surface area contributed by atoms with Crippen molar-refractivity contribution in [1.29, 1.82) is 0 Å². The smallest absolute Gasteiger partial charge is 0.227 e. The van der Waals surface area contributed by atoms with E-state index in [1.54, 1.807) is 12.4 Å². The number of hydrogen-bond donors (Lipinski definition) is 1. The fraction of sp³-hybridized carbons (Fsp3) is 0.529. The number of nitrogens with one attached hydrogen (secondary N) is 1. The van der Waals surface area contributed by atoms with Crippen molar-refractivity contribution in [2.75, 3.05) is 0 Å². The van der Waals surface area contributed by atoms with Crippen LogP contribution in [-0.4, -0.2) is 27.1 Å². The molecule has 1 unspecified atom stereocenters. The summed E-state index contributed by atoms with van der Waals surface area (Å²) in [6.07, 6.45) is 6.26. The van der Waals surface area contributed by atoms with Gasteiger partial charge in [-0.15, -0.1) is 0 Å². The lowest BCUT2D eigenvalue weighted by atomic mass is 10.0. The Labute approximate surface area is 136 Å². The Morgan fingerprint density at radius 3 is 2.65 bits per heavy atom. The topological polar surface area (TPSA) is 80.9 Å². The van der Waals surface area contributed by atoms with Crippen LogP contribution in [0, 0.1) is 5.92 Å². The van der Waals surface area contributed by atoms with Crippen LogP contribution in [0.2, 0.25) is 0 Å². The number of carbonyl (C=O) groups excluding carboxylic acids is 1. The molecule has 0 aliphatic carbocycles. The van der Waals surface area contributed by atoms with E-state index in [4.69, 9.17) is 4.52 Å². The molecule has 0 aliphatic rings. The molecule has 1 atom stereocenters. The number of aromatic nitrogens is 3. The number of carbonyl (C=O) groups is 1. The van der Waals surface area contributed by atoms with Gasteiger partial charge >= 0.3 is 0 Å². The highest BCUT2D eigenvalue weighted by molar-refractivity contribution is 5.76. The SMILES string of the molecule is CC(C)CCC(C)NC(=O)CCc1nc(-c2ccncc2)no1. The van der Waals surface area contributed by atoms with E-state index in [0.29, 0.717) is 30.5 Å². The van der Waals surface area contributed by atoms with E-state index in [1.807, 2.05) is 19.1 Å². The Morgan fingerprint density at radius 2 is 1.96 bits per heavy atom. The molecule has 2 aromatic heterocycles. The van der Waals surface area contributed by atoms with Gasteiger partial charge in [-0.25, -0.2) is 0 Å². The van der Waals surface area contributed by atoms with Crippen LogP contribution in [0.1, 0.15) is 45.9 Å². The standard InChI is InChI=1S/C17H24N4O2/c1-12(2)4-5-13(3)19-15(22)6-7-16-20-17(21-23-16)14-8-10-18-11-9-14/h8-13H,4-7H2,1-3H3,(H,19,22). The summed E-state index contributed by atoms with van der Waals surface area (Å²) >= 11 is 0. The molecule has 0 saturated heterocycles. The molecule has 2 rings (SSSR count). The average Bonchev–Trinajstić information content (AvgIpc) is 3.01. The van der Waals surface area contributed by atoms with Crippen LogP contribution < -0.4 is 5.32 Å². The van der Waals surface area contributed by atoms with Gasteiger partial charge in [-0.1, -0.05) is 19.0 Å². The first-order chi connectivity index (χ1) is 11.0. The third-order valence-electron chi connectivity index (χ3n) is 3.56. The van der Waals surface area contributed by atoms with Gasteiger partial charge in [0.15, 0.2) is 0 Å². The van der Waals surface area contributed by atoms with E-state index in [9.17, 15) is 4.79 Å². The Kier molecular flexibility index (Phi) is 6.26. The summed E-state index contributed by atoms with van der Waals surface area (Å²) < 4.78 is 5.19. The molecule has 1 N–H and O–H groups in total. The zero-order valence-corrected chi connectivity index (χ0v) is 14.0. The minimum absolute atomic E-state index is 0.0184. The molecule has 1 amide bonds. The van der Waals surface area contributed by atoms with Gasteiger partial charge in [0.05, 0.1) is 0 Å². The summed E-state index contributed by atoms with van der Waals surface area (Å²) in [6, 6.07) is 3.83. The van der Waals surface area contributed by atoms with Crippen LogP contribution in [0.3, 0.4) is 0 Å². The van der Waals surface area contributed by atoms with Crippen LogP contribution in [0.25, 0.3) is 11.4 Å². The Hall–Kier alpha value is -2.24. The highest BCUT2D eigenvalue weighted by Gasteiger charge is 2.12. The minimum Gasteiger partial charge on any atom is -0.354 e. The maximum Gasteiger partial charge on any atom is 0.227 e. The lowest BCUT2D eigenvalue weighted by molar-refractivity contribution is -0.121. The summed E-state index contributed by atoms with van der Waals surface area (Å²) in [4.78, 5) is 20.2. The van der Waals surface area contributed by atoms with E-state index < -0.39 is 0 Å². The molecule has 0 fully saturated rings. The number of nitrogens with zero attached hydrogens (tertiary/aromatic N) is 3. The van der Waals surface area contributed by atoms with Crippen molar-refractivity contribution in [1.82, 2.24) is 20.4 Å². The van der Waals surface area contributed by atoms with Gasteiger partial charge in [-0.05, 0) is 37.8 Å². The molecule has 0 radical (unpaired) electrons. The third-order valence-corrected chi connectivity index (χ3v) is 3.56. The van der Waals surface area contributed by atoms with Crippen molar-refractivity contribution in [3.8, 4) is 11.4 Å². The molecule has 2 aromatic rings. The Balaban J connectivity index is 1.78. The number of amides is 1. The number of hydrogen-bond acceptors (Lipinski definition) is 5. The van der Waals surface area contributed by atoms with Crippen molar-refractivity contribution < 1.29 is 9.32 Å². The summed E-state index contributed by atoms with van der Waals surface area (Å²) in [5.74, 6) is 1.67. The molecule has 0 aliphatic heterocycles. The largest absolute Gasteiger partial charge is 0.354 e. The quantitative estimate of drug-likeness (QED) is 0.809. The molecule has 2 heterocycles. The van der Waals surface area contributed by atoms with Crippen LogP contribution >= 0.6 is 0 Å². The monoisotopic (exact) mass is 316 g/mol. The predicted octanol–water partition coefficient (Wildman–Crippen LogP) is 3.01. The molecule has 0 aromatic carbocycles. The van der Waals surface area contributed by atoms with E-state index in [2.05, 4.69) is 34.3 Å². The van der Waals surface area contributed by atoms with Crippen molar-refractivity contribution in [2.45, 2.75) is 52.5 Å². The maximum absolute atomic E-state index is 11.9.